The average molecular weight is 256 g/mol. The van der Waals surface area contributed by atoms with Crippen LogP contribution in [0.4, 0.5) is 0 Å². The van der Waals surface area contributed by atoms with E-state index in [2.05, 4.69) is 10.6 Å². The Morgan fingerprint density at radius 2 is 1.83 bits per heavy atom. The van der Waals surface area contributed by atoms with Crippen molar-refractivity contribution in [2.24, 2.45) is 5.41 Å². The van der Waals surface area contributed by atoms with Crippen molar-refractivity contribution in [2.45, 2.75) is 46.1 Å². The monoisotopic (exact) mass is 256 g/mol. The van der Waals surface area contributed by atoms with Gasteiger partial charge in [-0.1, -0.05) is 20.8 Å². The summed E-state index contributed by atoms with van der Waals surface area (Å²) in [6, 6.07) is 0. The van der Waals surface area contributed by atoms with Gasteiger partial charge in [-0.2, -0.15) is 0 Å². The van der Waals surface area contributed by atoms with E-state index in [1.165, 1.54) is 0 Å². The summed E-state index contributed by atoms with van der Waals surface area (Å²) in [7, 11) is 0. The molecule has 0 unspecified atom stereocenters. The number of hydrogen-bond acceptors (Lipinski definition) is 4. The van der Waals surface area contributed by atoms with Crippen molar-refractivity contribution in [1.82, 2.24) is 10.6 Å². The Balaban J connectivity index is 2.84. The normalized spacial score (nSPS) is 19.1. The van der Waals surface area contributed by atoms with Gasteiger partial charge in [-0.05, 0) is 32.9 Å². The van der Waals surface area contributed by atoms with E-state index < -0.39 is 11.0 Å². The minimum Gasteiger partial charge on any atom is -0.464 e. The zero-order valence-corrected chi connectivity index (χ0v) is 11.8. The standard InChI is InChI=1S/C13H24N2O3/c1-5-18-11(17)13(6-8-14-9-7-13)15-10(16)12(2,3)4/h14H,5-9H2,1-4H3,(H,15,16). The summed E-state index contributed by atoms with van der Waals surface area (Å²) in [5, 5.41) is 6.09. The predicted molar refractivity (Wildman–Crippen MR) is 69.1 cm³/mol. The molecule has 0 spiro atoms. The van der Waals surface area contributed by atoms with Crippen molar-refractivity contribution >= 4 is 11.9 Å². The molecular weight excluding hydrogens is 232 g/mol. The maximum Gasteiger partial charge on any atom is 0.331 e. The number of hydrogen-bond donors (Lipinski definition) is 2. The minimum absolute atomic E-state index is 0.113. The molecule has 104 valence electrons. The molecule has 1 amide bonds. The summed E-state index contributed by atoms with van der Waals surface area (Å²) < 4.78 is 5.12. The first-order chi connectivity index (χ1) is 8.32. The fraction of sp³-hybridized carbons (Fsp3) is 0.846. The highest BCUT2D eigenvalue weighted by atomic mass is 16.5. The summed E-state index contributed by atoms with van der Waals surface area (Å²) in [5.41, 5.74) is -1.37. The molecule has 0 aromatic heterocycles. The van der Waals surface area contributed by atoms with Crippen molar-refractivity contribution in [3.05, 3.63) is 0 Å². The van der Waals surface area contributed by atoms with Crippen molar-refractivity contribution in [2.75, 3.05) is 19.7 Å². The van der Waals surface area contributed by atoms with Crippen LogP contribution in [0.15, 0.2) is 0 Å². The molecule has 1 aliphatic rings. The Bertz CT molecular complexity index is 315. The fourth-order valence-electron chi connectivity index (χ4n) is 1.91. The fourth-order valence-corrected chi connectivity index (χ4v) is 1.91. The molecule has 5 nitrogen and oxygen atoms in total. The van der Waals surface area contributed by atoms with E-state index in [-0.39, 0.29) is 11.9 Å². The van der Waals surface area contributed by atoms with Crippen LogP contribution in [0.1, 0.15) is 40.5 Å². The lowest BCUT2D eigenvalue weighted by Crippen LogP contribution is -2.61. The summed E-state index contributed by atoms with van der Waals surface area (Å²) in [6.45, 7) is 9.04. The second-order valence-electron chi connectivity index (χ2n) is 5.76. The Morgan fingerprint density at radius 3 is 2.28 bits per heavy atom. The van der Waals surface area contributed by atoms with Gasteiger partial charge in [0, 0.05) is 5.41 Å². The van der Waals surface area contributed by atoms with Gasteiger partial charge in [-0.25, -0.2) is 4.79 Å². The first-order valence-electron chi connectivity index (χ1n) is 6.52. The molecule has 1 heterocycles. The minimum atomic E-state index is -0.856. The lowest BCUT2D eigenvalue weighted by molar-refractivity contribution is -0.155. The van der Waals surface area contributed by atoms with Crippen LogP contribution in [-0.4, -0.2) is 37.1 Å². The molecule has 0 bridgehead atoms. The molecule has 0 aliphatic carbocycles. The molecule has 5 heteroatoms. The summed E-state index contributed by atoms with van der Waals surface area (Å²) in [5.74, 6) is -0.429. The number of nitrogens with one attached hydrogen (secondary N) is 2. The number of carbonyl (C=O) groups is 2. The van der Waals surface area contributed by atoms with E-state index in [4.69, 9.17) is 4.74 Å². The zero-order valence-electron chi connectivity index (χ0n) is 11.8. The number of rotatable bonds is 3. The molecular formula is C13H24N2O3. The molecule has 2 N–H and O–H groups in total. The van der Waals surface area contributed by atoms with Crippen molar-refractivity contribution in [3.63, 3.8) is 0 Å². The first kappa shape index (κ1) is 15.0. The van der Waals surface area contributed by atoms with Gasteiger partial charge < -0.3 is 15.4 Å². The van der Waals surface area contributed by atoms with Crippen LogP contribution in [0, 0.1) is 5.41 Å². The maximum absolute atomic E-state index is 12.1. The zero-order chi connectivity index (χ0) is 13.8. The molecule has 1 aliphatic heterocycles. The Hall–Kier alpha value is -1.10. The van der Waals surface area contributed by atoms with Gasteiger partial charge in [-0.3, -0.25) is 4.79 Å². The molecule has 0 aromatic rings. The van der Waals surface area contributed by atoms with E-state index >= 15 is 0 Å². The smallest absolute Gasteiger partial charge is 0.331 e. The van der Waals surface area contributed by atoms with E-state index in [1.807, 2.05) is 20.8 Å². The molecule has 0 saturated carbocycles. The summed E-state index contributed by atoms with van der Waals surface area (Å²) in [6.07, 6.45) is 1.15. The summed E-state index contributed by atoms with van der Waals surface area (Å²) in [4.78, 5) is 24.2. The number of carbonyl (C=O) groups excluding carboxylic acids is 2. The number of amides is 1. The second kappa shape index (κ2) is 5.69. The van der Waals surface area contributed by atoms with Crippen LogP contribution in [0.25, 0.3) is 0 Å². The van der Waals surface area contributed by atoms with E-state index in [0.29, 0.717) is 32.5 Å². The maximum atomic E-state index is 12.1. The molecule has 18 heavy (non-hydrogen) atoms. The van der Waals surface area contributed by atoms with Gasteiger partial charge in [0.25, 0.3) is 0 Å². The molecule has 1 fully saturated rings. The van der Waals surface area contributed by atoms with Gasteiger partial charge in [0.15, 0.2) is 0 Å². The largest absolute Gasteiger partial charge is 0.464 e. The van der Waals surface area contributed by atoms with Gasteiger partial charge in [-0.15, -0.1) is 0 Å². The second-order valence-corrected chi connectivity index (χ2v) is 5.76. The van der Waals surface area contributed by atoms with Crippen molar-refractivity contribution < 1.29 is 14.3 Å². The first-order valence-corrected chi connectivity index (χ1v) is 6.52. The molecule has 1 saturated heterocycles. The van der Waals surface area contributed by atoms with Crippen LogP contribution in [0.2, 0.25) is 0 Å². The third kappa shape index (κ3) is 3.45. The molecule has 0 atom stereocenters. The van der Waals surface area contributed by atoms with Crippen LogP contribution in [-0.2, 0) is 14.3 Å². The highest BCUT2D eigenvalue weighted by Crippen LogP contribution is 2.23. The van der Waals surface area contributed by atoms with Gasteiger partial charge in [0.1, 0.15) is 5.54 Å². The van der Waals surface area contributed by atoms with Gasteiger partial charge in [0.2, 0.25) is 5.91 Å². The van der Waals surface area contributed by atoms with Crippen LogP contribution in [0.5, 0.6) is 0 Å². The number of ether oxygens (including phenoxy) is 1. The van der Waals surface area contributed by atoms with E-state index in [1.54, 1.807) is 6.92 Å². The molecule has 1 rings (SSSR count). The summed E-state index contributed by atoms with van der Waals surface area (Å²) >= 11 is 0. The lowest BCUT2D eigenvalue weighted by atomic mass is 9.85. The topological polar surface area (TPSA) is 67.4 Å². The Kier molecular flexibility index (Phi) is 4.73. The average Bonchev–Trinajstić information content (AvgIpc) is 2.29. The SMILES string of the molecule is CCOC(=O)C1(NC(=O)C(C)(C)C)CCNCC1. The molecule has 0 aromatic carbocycles. The Morgan fingerprint density at radius 1 is 1.28 bits per heavy atom. The highest BCUT2D eigenvalue weighted by Gasteiger charge is 2.43. The third-order valence-corrected chi connectivity index (χ3v) is 3.16. The molecule has 0 radical (unpaired) electrons. The lowest BCUT2D eigenvalue weighted by Gasteiger charge is -2.37. The predicted octanol–water partition coefficient (Wildman–Crippen LogP) is 0.834. The highest BCUT2D eigenvalue weighted by molar-refractivity contribution is 5.90. The van der Waals surface area contributed by atoms with Crippen LogP contribution >= 0.6 is 0 Å². The van der Waals surface area contributed by atoms with E-state index in [0.717, 1.165) is 0 Å². The number of piperidine rings is 1. The Labute approximate surface area is 109 Å². The van der Waals surface area contributed by atoms with Gasteiger partial charge in [0.05, 0.1) is 6.61 Å². The van der Waals surface area contributed by atoms with E-state index in [9.17, 15) is 9.59 Å². The number of esters is 1. The quantitative estimate of drug-likeness (QED) is 0.734. The van der Waals surface area contributed by atoms with Crippen LogP contribution in [0.3, 0.4) is 0 Å². The van der Waals surface area contributed by atoms with Crippen molar-refractivity contribution in [1.29, 1.82) is 0 Å². The van der Waals surface area contributed by atoms with Gasteiger partial charge >= 0.3 is 5.97 Å². The van der Waals surface area contributed by atoms with Crippen molar-refractivity contribution in [3.8, 4) is 0 Å². The third-order valence-electron chi connectivity index (χ3n) is 3.16. The van der Waals surface area contributed by atoms with Crippen LogP contribution < -0.4 is 10.6 Å².